The van der Waals surface area contributed by atoms with Crippen LogP contribution in [0.1, 0.15) is 91.7 Å². The standard InChI is InChI=1S/C15H18N2O.C7H16.C4H10.C2H6/c1-12-4-6-15(7-5-12)13(2)18-9-8-14(10-16)11-17-3;1-4-6-7(3)5-2;1-3-4-2;1-2/h4-8,17H,2,9,11H2,1,3H3;7H,4-6H2,1-3H3;3-4H2,1-2H3;1-2H3/b14-8+;;;. The number of hydrogen-bond donors (Lipinski definition) is 1. The Morgan fingerprint density at radius 3 is 2.00 bits per heavy atom. The van der Waals surface area contributed by atoms with Crippen LogP contribution >= 0.6 is 0 Å². The maximum atomic E-state index is 8.83. The summed E-state index contributed by atoms with van der Waals surface area (Å²) in [7, 11) is 1.80. The molecule has 0 amide bonds. The molecule has 3 heteroatoms. The normalized spacial score (nSPS) is 10.6. The quantitative estimate of drug-likeness (QED) is 0.300. The lowest BCUT2D eigenvalue weighted by atomic mass is 10.0. The van der Waals surface area contributed by atoms with Crippen molar-refractivity contribution in [1.82, 2.24) is 5.32 Å². The zero-order chi connectivity index (χ0) is 24.5. The molecule has 0 radical (unpaired) electrons. The number of aryl methyl sites for hydroxylation is 1. The molecule has 31 heavy (non-hydrogen) atoms. The second-order valence-electron chi connectivity index (χ2n) is 7.27. The second kappa shape index (κ2) is 26.0. The molecular formula is C28H50N2O. The van der Waals surface area contributed by atoms with Crippen LogP contribution in [0.3, 0.4) is 0 Å². The van der Waals surface area contributed by atoms with Gasteiger partial charge in [0.1, 0.15) is 12.4 Å². The smallest absolute Gasteiger partial charge is 0.119 e. The van der Waals surface area contributed by atoms with Gasteiger partial charge in [0, 0.05) is 17.7 Å². The highest BCUT2D eigenvalue weighted by Crippen LogP contribution is 2.14. The molecular weight excluding hydrogens is 380 g/mol. The molecule has 0 aliphatic heterocycles. The van der Waals surface area contributed by atoms with E-state index in [9.17, 15) is 0 Å². The summed E-state index contributed by atoms with van der Waals surface area (Å²) in [5.74, 6) is 1.57. The number of unbranched alkanes of at least 4 members (excludes halogenated alkanes) is 1. The van der Waals surface area contributed by atoms with E-state index >= 15 is 0 Å². The zero-order valence-electron chi connectivity index (χ0n) is 22.0. The number of hydrogen-bond acceptors (Lipinski definition) is 3. The molecule has 0 saturated carbocycles. The lowest BCUT2D eigenvalue weighted by Gasteiger charge is -2.07. The summed E-state index contributed by atoms with van der Waals surface area (Å²) >= 11 is 0. The van der Waals surface area contributed by atoms with Gasteiger partial charge in [-0.25, -0.2) is 0 Å². The summed E-state index contributed by atoms with van der Waals surface area (Å²) in [6.45, 7) is 22.0. The first-order chi connectivity index (χ1) is 14.9. The van der Waals surface area contributed by atoms with Gasteiger partial charge < -0.3 is 10.1 Å². The van der Waals surface area contributed by atoms with Crippen molar-refractivity contribution in [2.75, 3.05) is 20.2 Å². The van der Waals surface area contributed by atoms with E-state index in [0.717, 1.165) is 11.5 Å². The van der Waals surface area contributed by atoms with Crippen molar-refractivity contribution in [1.29, 1.82) is 5.26 Å². The first kappa shape index (κ1) is 33.6. The second-order valence-corrected chi connectivity index (χ2v) is 7.27. The van der Waals surface area contributed by atoms with Crippen LogP contribution in [0, 0.1) is 24.2 Å². The molecule has 1 unspecified atom stereocenters. The Labute approximate surface area is 194 Å². The van der Waals surface area contributed by atoms with E-state index in [0.29, 0.717) is 24.5 Å². The van der Waals surface area contributed by atoms with Crippen LogP contribution in [0.25, 0.3) is 5.76 Å². The van der Waals surface area contributed by atoms with Crippen molar-refractivity contribution in [3.8, 4) is 6.07 Å². The number of nitriles is 1. The number of nitrogens with one attached hydrogen (secondary N) is 1. The summed E-state index contributed by atoms with van der Waals surface area (Å²) in [4.78, 5) is 0. The number of ether oxygens (including phenoxy) is 1. The van der Waals surface area contributed by atoms with Gasteiger partial charge in [0.15, 0.2) is 0 Å². The van der Waals surface area contributed by atoms with E-state index in [1.165, 1.54) is 37.7 Å². The van der Waals surface area contributed by atoms with Gasteiger partial charge in [-0.1, -0.05) is 117 Å². The van der Waals surface area contributed by atoms with Gasteiger partial charge >= 0.3 is 0 Å². The van der Waals surface area contributed by atoms with Crippen molar-refractivity contribution in [2.24, 2.45) is 5.92 Å². The minimum atomic E-state index is 0.358. The Hall–Kier alpha value is -2.05. The van der Waals surface area contributed by atoms with E-state index in [1.54, 1.807) is 13.1 Å². The zero-order valence-corrected chi connectivity index (χ0v) is 22.0. The molecule has 1 N–H and O–H groups in total. The third kappa shape index (κ3) is 22.5. The topological polar surface area (TPSA) is 45.0 Å². The molecule has 0 heterocycles. The summed E-state index contributed by atoms with van der Waals surface area (Å²) in [5, 5.41) is 11.8. The highest BCUT2D eigenvalue weighted by Gasteiger charge is 1.99. The molecule has 3 nitrogen and oxygen atoms in total. The van der Waals surface area contributed by atoms with E-state index in [2.05, 4.69) is 52.6 Å². The Morgan fingerprint density at radius 1 is 1.10 bits per heavy atom. The van der Waals surface area contributed by atoms with Crippen molar-refractivity contribution in [3.05, 3.63) is 53.6 Å². The molecule has 0 bridgehead atoms. The fraction of sp³-hybridized carbons (Fsp3) is 0.607. The van der Waals surface area contributed by atoms with Crippen LogP contribution in [0.15, 0.2) is 42.5 Å². The Kier molecular flexibility index (Phi) is 28.2. The van der Waals surface area contributed by atoms with Gasteiger partial charge in [0.25, 0.3) is 0 Å². The van der Waals surface area contributed by atoms with Gasteiger partial charge in [-0.3, -0.25) is 0 Å². The van der Waals surface area contributed by atoms with Crippen LogP contribution in [0.2, 0.25) is 0 Å². The summed E-state index contributed by atoms with van der Waals surface area (Å²) in [6.07, 6.45) is 8.48. The van der Waals surface area contributed by atoms with E-state index < -0.39 is 0 Å². The van der Waals surface area contributed by atoms with Crippen LogP contribution in [0.4, 0.5) is 0 Å². The van der Waals surface area contributed by atoms with Crippen LogP contribution < -0.4 is 5.32 Å². The monoisotopic (exact) mass is 430 g/mol. The molecule has 1 rings (SSSR count). The number of nitrogens with zero attached hydrogens (tertiary/aromatic N) is 1. The van der Waals surface area contributed by atoms with Crippen LogP contribution in [0.5, 0.6) is 0 Å². The third-order valence-corrected chi connectivity index (χ3v) is 4.45. The number of rotatable bonds is 10. The summed E-state index contributed by atoms with van der Waals surface area (Å²) in [5.41, 5.74) is 2.82. The predicted octanol–water partition coefficient (Wildman–Crippen LogP) is 8.32. The van der Waals surface area contributed by atoms with E-state index in [-0.39, 0.29) is 0 Å². The Morgan fingerprint density at radius 2 is 1.65 bits per heavy atom. The average Bonchev–Trinajstić information content (AvgIpc) is 2.80. The molecule has 1 aromatic carbocycles. The molecule has 0 fully saturated rings. The molecule has 0 aliphatic rings. The third-order valence-electron chi connectivity index (χ3n) is 4.45. The highest BCUT2D eigenvalue weighted by molar-refractivity contribution is 5.57. The summed E-state index contributed by atoms with van der Waals surface area (Å²) in [6, 6.07) is 10.1. The van der Waals surface area contributed by atoms with Crippen LogP contribution in [-0.2, 0) is 4.74 Å². The van der Waals surface area contributed by atoms with E-state index in [1.807, 2.05) is 45.0 Å². The van der Waals surface area contributed by atoms with Gasteiger partial charge in [0.05, 0.1) is 6.07 Å². The van der Waals surface area contributed by atoms with Crippen LogP contribution in [-0.4, -0.2) is 20.2 Å². The Balaban J connectivity index is -0.000000498. The average molecular weight is 431 g/mol. The van der Waals surface area contributed by atoms with Gasteiger partial charge in [-0.05, 0) is 26.0 Å². The highest BCUT2D eigenvalue weighted by atomic mass is 16.5. The van der Waals surface area contributed by atoms with Crippen molar-refractivity contribution >= 4 is 5.76 Å². The van der Waals surface area contributed by atoms with Gasteiger partial charge in [-0.15, -0.1) is 0 Å². The maximum absolute atomic E-state index is 8.83. The van der Waals surface area contributed by atoms with E-state index in [4.69, 9.17) is 10.00 Å². The first-order valence-electron chi connectivity index (χ1n) is 12.0. The first-order valence-corrected chi connectivity index (χ1v) is 12.0. The summed E-state index contributed by atoms with van der Waals surface area (Å²) < 4.78 is 5.50. The fourth-order valence-electron chi connectivity index (χ4n) is 2.11. The lowest BCUT2D eigenvalue weighted by Crippen LogP contribution is -2.10. The Bertz CT molecular complexity index is 580. The minimum Gasteiger partial charge on any atom is -0.489 e. The molecule has 0 saturated heterocycles. The fourth-order valence-corrected chi connectivity index (χ4v) is 2.11. The molecule has 0 spiro atoms. The predicted molar refractivity (Wildman–Crippen MR) is 140 cm³/mol. The number of likely N-dealkylation sites (N-methyl/N-ethyl adjacent to an activating group) is 1. The van der Waals surface area contributed by atoms with Crippen molar-refractivity contribution < 1.29 is 4.74 Å². The molecule has 0 aromatic heterocycles. The van der Waals surface area contributed by atoms with Crippen molar-refractivity contribution in [3.63, 3.8) is 0 Å². The number of benzene rings is 1. The molecule has 0 aliphatic carbocycles. The SMILES string of the molecule is C=C(OC/C=C(\C#N)CNC)c1ccc(C)cc1.CC.CCCC.CCCC(C)CC. The van der Waals surface area contributed by atoms with Crippen molar-refractivity contribution in [2.45, 2.75) is 87.5 Å². The largest absolute Gasteiger partial charge is 0.489 e. The minimum absolute atomic E-state index is 0.358. The van der Waals surface area contributed by atoms with Gasteiger partial charge in [-0.2, -0.15) is 5.26 Å². The maximum Gasteiger partial charge on any atom is 0.119 e. The lowest BCUT2D eigenvalue weighted by molar-refractivity contribution is 0.320. The molecule has 178 valence electrons. The molecule has 1 aromatic rings. The molecule has 1 atom stereocenters. The van der Waals surface area contributed by atoms with Gasteiger partial charge in [0.2, 0.25) is 0 Å².